The first kappa shape index (κ1) is 23.9. The van der Waals surface area contributed by atoms with E-state index in [0.717, 1.165) is 12.2 Å². The summed E-state index contributed by atoms with van der Waals surface area (Å²) < 4.78 is 8.49. The summed E-state index contributed by atoms with van der Waals surface area (Å²) in [5.41, 5.74) is 7.77. The van der Waals surface area contributed by atoms with Gasteiger partial charge < -0.3 is 9.30 Å². The molecule has 0 aliphatic carbocycles. The van der Waals surface area contributed by atoms with Crippen LogP contribution < -0.4 is 4.74 Å². The van der Waals surface area contributed by atoms with Crippen LogP contribution in [0, 0.1) is 6.92 Å². The van der Waals surface area contributed by atoms with E-state index in [1.54, 1.807) is 0 Å². The molecule has 1 aromatic heterocycles. The number of hydrogen-bond acceptors (Lipinski definition) is 1. The van der Waals surface area contributed by atoms with Crippen LogP contribution >= 0.6 is 0 Å². The molecule has 0 fully saturated rings. The van der Waals surface area contributed by atoms with E-state index in [1.807, 2.05) is 18.2 Å². The number of benzene rings is 3. The molecule has 0 aliphatic rings. The molecule has 0 radical (unpaired) electrons. The van der Waals surface area contributed by atoms with Crippen LogP contribution in [0.25, 0.3) is 11.3 Å². The van der Waals surface area contributed by atoms with Crippen molar-refractivity contribution in [2.24, 2.45) is 0 Å². The molecule has 0 N–H and O–H groups in total. The van der Waals surface area contributed by atoms with E-state index < -0.39 is 0 Å². The van der Waals surface area contributed by atoms with Gasteiger partial charge in [0.05, 0.1) is 6.04 Å². The minimum Gasteiger partial charge on any atom is -0.489 e. The maximum absolute atomic E-state index is 6.00. The van der Waals surface area contributed by atoms with Crippen LogP contribution in [0.3, 0.4) is 0 Å². The number of ether oxygens (including phenoxy) is 1. The number of aryl methyl sites for hydroxylation is 2. The van der Waals surface area contributed by atoms with Crippen molar-refractivity contribution < 1.29 is 4.74 Å². The molecular formula is C32H37NO. The summed E-state index contributed by atoms with van der Waals surface area (Å²) in [5, 5.41) is 0. The lowest BCUT2D eigenvalue weighted by Crippen LogP contribution is -2.12. The quantitative estimate of drug-likeness (QED) is 0.208. The third-order valence-corrected chi connectivity index (χ3v) is 6.65. The fraction of sp³-hybridized carbons (Fsp3) is 0.312. The highest BCUT2D eigenvalue weighted by Crippen LogP contribution is 2.33. The van der Waals surface area contributed by atoms with Crippen LogP contribution in [0.2, 0.25) is 0 Å². The lowest BCUT2D eigenvalue weighted by molar-refractivity contribution is 0.306. The van der Waals surface area contributed by atoms with Crippen LogP contribution in [-0.2, 0) is 13.0 Å². The third-order valence-electron chi connectivity index (χ3n) is 6.65. The molecule has 0 bridgehead atoms. The molecule has 0 saturated heterocycles. The van der Waals surface area contributed by atoms with Gasteiger partial charge in [-0.25, -0.2) is 0 Å². The van der Waals surface area contributed by atoms with E-state index in [9.17, 15) is 0 Å². The number of aromatic nitrogens is 1. The lowest BCUT2D eigenvalue weighted by atomic mass is 9.99. The van der Waals surface area contributed by atoms with Crippen molar-refractivity contribution in [1.82, 2.24) is 4.57 Å². The first-order valence-corrected chi connectivity index (χ1v) is 12.7. The molecule has 4 rings (SSSR count). The predicted molar refractivity (Wildman–Crippen MR) is 143 cm³/mol. The van der Waals surface area contributed by atoms with Gasteiger partial charge >= 0.3 is 0 Å². The van der Waals surface area contributed by atoms with Crippen LogP contribution in [-0.4, -0.2) is 4.57 Å². The van der Waals surface area contributed by atoms with Crippen LogP contribution in [0.15, 0.2) is 91.0 Å². The fourth-order valence-electron chi connectivity index (χ4n) is 4.71. The summed E-state index contributed by atoms with van der Waals surface area (Å²) in [5.74, 6) is 0.896. The standard InChI is InChI=1S/C32H37NO/c1-4-6-8-11-26-15-17-28(18-16-26)31(5-2)33-25(3)14-23-32(33)29-19-21-30(22-20-29)34-24-27-12-9-7-10-13-27/h7,9-10,12-23,31H,4-6,8,11,24H2,1-3H3. The van der Waals surface area contributed by atoms with Gasteiger partial charge in [-0.3, -0.25) is 0 Å². The Balaban J connectivity index is 1.51. The molecule has 0 saturated carbocycles. The Morgan fingerprint density at radius 1 is 0.735 bits per heavy atom. The second kappa shape index (κ2) is 11.7. The first-order valence-electron chi connectivity index (χ1n) is 12.7. The van der Waals surface area contributed by atoms with Crippen molar-refractivity contribution >= 4 is 0 Å². The number of hydrogen-bond donors (Lipinski definition) is 0. The largest absolute Gasteiger partial charge is 0.489 e. The SMILES string of the molecule is CCCCCc1ccc(C(CC)n2c(C)ccc2-c2ccc(OCc3ccccc3)cc2)cc1. The molecule has 1 unspecified atom stereocenters. The summed E-state index contributed by atoms with van der Waals surface area (Å²) in [6.07, 6.45) is 6.08. The average molecular weight is 452 g/mol. The first-order chi connectivity index (χ1) is 16.7. The summed E-state index contributed by atoms with van der Waals surface area (Å²) in [6, 6.07) is 32.9. The predicted octanol–water partition coefficient (Wildman–Crippen LogP) is 8.77. The molecule has 2 nitrogen and oxygen atoms in total. The smallest absolute Gasteiger partial charge is 0.119 e. The van der Waals surface area contributed by atoms with Gasteiger partial charge in [-0.15, -0.1) is 0 Å². The molecule has 0 amide bonds. The molecular weight excluding hydrogens is 414 g/mol. The Labute approximate surface area is 205 Å². The van der Waals surface area contributed by atoms with Crippen molar-refractivity contribution in [2.45, 2.75) is 65.5 Å². The molecule has 4 aromatic rings. The van der Waals surface area contributed by atoms with Crippen molar-refractivity contribution in [1.29, 1.82) is 0 Å². The normalized spacial score (nSPS) is 12.0. The summed E-state index contributed by atoms with van der Waals surface area (Å²) in [7, 11) is 0. The van der Waals surface area contributed by atoms with E-state index in [2.05, 4.69) is 98.1 Å². The Morgan fingerprint density at radius 3 is 2.15 bits per heavy atom. The average Bonchev–Trinajstić information content (AvgIpc) is 3.26. The van der Waals surface area contributed by atoms with E-state index in [-0.39, 0.29) is 0 Å². The molecule has 0 spiro atoms. The second-order valence-corrected chi connectivity index (χ2v) is 9.15. The fourth-order valence-corrected chi connectivity index (χ4v) is 4.71. The van der Waals surface area contributed by atoms with Crippen LogP contribution in [0.4, 0.5) is 0 Å². The Bertz CT molecular complexity index is 1140. The molecule has 176 valence electrons. The Hall–Kier alpha value is -3.26. The van der Waals surface area contributed by atoms with E-state index in [1.165, 1.54) is 59.3 Å². The van der Waals surface area contributed by atoms with Gasteiger partial charge in [0.25, 0.3) is 0 Å². The van der Waals surface area contributed by atoms with Crippen LogP contribution in [0.5, 0.6) is 5.75 Å². The number of rotatable bonds is 11. The highest BCUT2D eigenvalue weighted by atomic mass is 16.5. The Kier molecular flexibility index (Phi) is 8.25. The molecule has 2 heteroatoms. The molecule has 0 aliphatic heterocycles. The second-order valence-electron chi connectivity index (χ2n) is 9.15. The topological polar surface area (TPSA) is 14.2 Å². The van der Waals surface area contributed by atoms with E-state index in [4.69, 9.17) is 4.74 Å². The van der Waals surface area contributed by atoms with E-state index >= 15 is 0 Å². The number of unbranched alkanes of at least 4 members (excludes halogenated alkanes) is 2. The monoisotopic (exact) mass is 451 g/mol. The van der Waals surface area contributed by atoms with E-state index in [0.29, 0.717) is 12.6 Å². The van der Waals surface area contributed by atoms with Gasteiger partial charge in [0.2, 0.25) is 0 Å². The van der Waals surface area contributed by atoms with Crippen molar-refractivity contribution in [3.63, 3.8) is 0 Å². The zero-order valence-electron chi connectivity index (χ0n) is 20.8. The zero-order chi connectivity index (χ0) is 23.8. The van der Waals surface area contributed by atoms with Gasteiger partial charge in [0, 0.05) is 11.4 Å². The zero-order valence-corrected chi connectivity index (χ0v) is 20.8. The molecule has 1 atom stereocenters. The molecule has 3 aromatic carbocycles. The van der Waals surface area contributed by atoms with Crippen molar-refractivity contribution in [2.75, 3.05) is 0 Å². The minimum atomic E-state index is 0.323. The summed E-state index contributed by atoms with van der Waals surface area (Å²) in [4.78, 5) is 0. The van der Waals surface area contributed by atoms with Gasteiger partial charge in [-0.05, 0) is 84.8 Å². The van der Waals surface area contributed by atoms with Gasteiger partial charge in [0.15, 0.2) is 0 Å². The van der Waals surface area contributed by atoms with Gasteiger partial charge in [-0.1, -0.05) is 81.3 Å². The summed E-state index contributed by atoms with van der Waals surface area (Å²) >= 11 is 0. The number of nitrogens with zero attached hydrogens (tertiary/aromatic N) is 1. The maximum Gasteiger partial charge on any atom is 0.119 e. The highest BCUT2D eigenvalue weighted by molar-refractivity contribution is 5.62. The van der Waals surface area contributed by atoms with Gasteiger partial charge in [0.1, 0.15) is 12.4 Å². The highest BCUT2D eigenvalue weighted by Gasteiger charge is 2.18. The molecule has 1 heterocycles. The van der Waals surface area contributed by atoms with Gasteiger partial charge in [-0.2, -0.15) is 0 Å². The van der Waals surface area contributed by atoms with Crippen molar-refractivity contribution in [3.05, 3.63) is 113 Å². The molecule has 34 heavy (non-hydrogen) atoms. The third kappa shape index (κ3) is 5.80. The maximum atomic E-state index is 6.00. The Morgan fingerprint density at radius 2 is 1.47 bits per heavy atom. The van der Waals surface area contributed by atoms with Crippen molar-refractivity contribution in [3.8, 4) is 17.0 Å². The summed E-state index contributed by atoms with van der Waals surface area (Å²) in [6.45, 7) is 7.34. The van der Waals surface area contributed by atoms with Crippen LogP contribution in [0.1, 0.15) is 68.0 Å². The lowest BCUT2D eigenvalue weighted by Gasteiger charge is -2.23. The minimum absolute atomic E-state index is 0.323.